The Labute approximate surface area is 126 Å². The van der Waals surface area contributed by atoms with Crippen LogP contribution in [0.4, 0.5) is 0 Å². The molecule has 2 N–H and O–H groups in total. The highest BCUT2D eigenvalue weighted by Crippen LogP contribution is 2.11. The Morgan fingerprint density at radius 2 is 1.90 bits per heavy atom. The van der Waals surface area contributed by atoms with Gasteiger partial charge in [0, 0.05) is 13.0 Å². The Balaban J connectivity index is 2.18. The molecule has 0 bridgehead atoms. The van der Waals surface area contributed by atoms with Crippen LogP contribution >= 0.6 is 0 Å². The monoisotopic (exact) mass is 292 g/mol. The molecule has 0 spiro atoms. The zero-order chi connectivity index (χ0) is 15.7. The number of amides is 2. The Kier molecular flexibility index (Phi) is 7.29. The van der Waals surface area contributed by atoms with Crippen molar-refractivity contribution in [3.8, 4) is 5.75 Å². The van der Waals surface area contributed by atoms with Crippen LogP contribution in [0.3, 0.4) is 0 Å². The van der Waals surface area contributed by atoms with Gasteiger partial charge in [-0.1, -0.05) is 17.7 Å². The lowest BCUT2D eigenvalue weighted by Crippen LogP contribution is -2.44. The third-order valence-electron chi connectivity index (χ3n) is 2.96. The summed E-state index contributed by atoms with van der Waals surface area (Å²) in [5.74, 6) is 0.500. The van der Waals surface area contributed by atoms with E-state index in [0.29, 0.717) is 26.0 Å². The standard InChI is InChI=1S/C16H24N2O3/c1-4-17-16(20)13(3)18-15(19)6-5-11-21-14-9-7-12(2)8-10-14/h7-10,13H,4-6,11H2,1-3H3,(H,17,20)(H,18,19)/t13-/m1/s1. The number of benzene rings is 1. The van der Waals surface area contributed by atoms with Crippen molar-refractivity contribution in [3.05, 3.63) is 29.8 Å². The first-order valence-electron chi connectivity index (χ1n) is 7.29. The van der Waals surface area contributed by atoms with Crippen molar-refractivity contribution in [1.29, 1.82) is 0 Å². The number of aryl methyl sites for hydroxylation is 1. The second-order valence-electron chi connectivity index (χ2n) is 4.95. The number of nitrogens with one attached hydrogen (secondary N) is 2. The third kappa shape index (κ3) is 6.79. The highest BCUT2D eigenvalue weighted by Gasteiger charge is 2.13. The molecule has 0 fully saturated rings. The van der Waals surface area contributed by atoms with Crippen LogP contribution in [-0.2, 0) is 9.59 Å². The molecule has 1 atom stereocenters. The van der Waals surface area contributed by atoms with E-state index in [4.69, 9.17) is 4.74 Å². The minimum absolute atomic E-state index is 0.138. The van der Waals surface area contributed by atoms with Crippen LogP contribution < -0.4 is 15.4 Å². The fraction of sp³-hybridized carbons (Fsp3) is 0.500. The Hall–Kier alpha value is -2.04. The Morgan fingerprint density at radius 3 is 2.52 bits per heavy atom. The second kappa shape index (κ2) is 9.00. The normalized spacial score (nSPS) is 11.6. The minimum Gasteiger partial charge on any atom is -0.494 e. The molecule has 5 heteroatoms. The number of hydrogen-bond donors (Lipinski definition) is 2. The maximum atomic E-state index is 11.7. The zero-order valence-electron chi connectivity index (χ0n) is 12.9. The summed E-state index contributed by atoms with van der Waals surface area (Å²) in [6, 6.07) is 7.28. The van der Waals surface area contributed by atoms with Gasteiger partial charge in [-0.3, -0.25) is 9.59 Å². The topological polar surface area (TPSA) is 67.4 Å². The lowest BCUT2D eigenvalue weighted by molar-refractivity contribution is -0.128. The van der Waals surface area contributed by atoms with Gasteiger partial charge in [0.1, 0.15) is 11.8 Å². The van der Waals surface area contributed by atoms with Crippen LogP contribution in [0.15, 0.2) is 24.3 Å². The van der Waals surface area contributed by atoms with E-state index in [1.54, 1.807) is 6.92 Å². The van der Waals surface area contributed by atoms with Crippen molar-refractivity contribution in [1.82, 2.24) is 10.6 Å². The molecule has 0 radical (unpaired) electrons. The predicted octanol–water partition coefficient (Wildman–Crippen LogP) is 1.79. The van der Waals surface area contributed by atoms with Gasteiger partial charge in [0.15, 0.2) is 0 Å². The molecule has 0 saturated carbocycles. The van der Waals surface area contributed by atoms with E-state index < -0.39 is 6.04 Å². The van der Waals surface area contributed by atoms with E-state index in [1.807, 2.05) is 38.1 Å². The molecular weight excluding hydrogens is 268 g/mol. The molecule has 0 aliphatic rings. The van der Waals surface area contributed by atoms with Crippen molar-refractivity contribution in [2.45, 2.75) is 39.7 Å². The molecule has 5 nitrogen and oxygen atoms in total. The number of likely N-dealkylation sites (N-methyl/N-ethyl adjacent to an activating group) is 1. The number of carbonyl (C=O) groups is 2. The van der Waals surface area contributed by atoms with Crippen molar-refractivity contribution in [3.63, 3.8) is 0 Å². The van der Waals surface area contributed by atoms with Gasteiger partial charge in [0.2, 0.25) is 11.8 Å². The van der Waals surface area contributed by atoms with Gasteiger partial charge in [0.25, 0.3) is 0 Å². The average Bonchev–Trinajstić information content (AvgIpc) is 2.45. The first-order chi connectivity index (χ1) is 10.0. The zero-order valence-corrected chi connectivity index (χ0v) is 12.9. The van der Waals surface area contributed by atoms with Gasteiger partial charge in [-0.15, -0.1) is 0 Å². The number of hydrogen-bond acceptors (Lipinski definition) is 3. The summed E-state index contributed by atoms with van der Waals surface area (Å²) >= 11 is 0. The average molecular weight is 292 g/mol. The molecule has 1 aromatic rings. The predicted molar refractivity (Wildman–Crippen MR) is 82.2 cm³/mol. The van der Waals surface area contributed by atoms with Gasteiger partial charge in [0.05, 0.1) is 6.61 Å². The maximum Gasteiger partial charge on any atom is 0.242 e. The van der Waals surface area contributed by atoms with Crippen molar-refractivity contribution in [2.24, 2.45) is 0 Å². The molecule has 0 unspecified atom stereocenters. The first kappa shape index (κ1) is 17.0. The van der Waals surface area contributed by atoms with Gasteiger partial charge < -0.3 is 15.4 Å². The summed E-state index contributed by atoms with van der Waals surface area (Å²) in [5, 5.41) is 5.33. The highest BCUT2D eigenvalue weighted by molar-refractivity contribution is 5.87. The summed E-state index contributed by atoms with van der Waals surface area (Å²) < 4.78 is 5.54. The summed E-state index contributed by atoms with van der Waals surface area (Å²) in [4.78, 5) is 23.1. The molecule has 116 valence electrons. The fourth-order valence-corrected chi connectivity index (χ4v) is 1.76. The van der Waals surface area contributed by atoms with E-state index in [-0.39, 0.29) is 11.8 Å². The quantitative estimate of drug-likeness (QED) is 0.718. The van der Waals surface area contributed by atoms with Crippen molar-refractivity contribution in [2.75, 3.05) is 13.2 Å². The minimum atomic E-state index is -0.504. The first-order valence-corrected chi connectivity index (χ1v) is 7.29. The van der Waals surface area contributed by atoms with E-state index in [9.17, 15) is 9.59 Å². The summed E-state index contributed by atoms with van der Waals surface area (Å²) in [6.45, 7) is 6.57. The lowest BCUT2D eigenvalue weighted by Gasteiger charge is -2.13. The van der Waals surface area contributed by atoms with Crippen LogP contribution in [0, 0.1) is 6.92 Å². The molecule has 2 amide bonds. The van der Waals surface area contributed by atoms with Crippen LogP contribution in [0.2, 0.25) is 0 Å². The summed E-state index contributed by atoms with van der Waals surface area (Å²) in [7, 11) is 0. The van der Waals surface area contributed by atoms with E-state index in [2.05, 4.69) is 10.6 Å². The molecule has 0 aliphatic carbocycles. The molecule has 1 rings (SSSR count). The van der Waals surface area contributed by atoms with E-state index >= 15 is 0 Å². The van der Waals surface area contributed by atoms with Gasteiger partial charge in [-0.25, -0.2) is 0 Å². The lowest BCUT2D eigenvalue weighted by atomic mass is 10.2. The smallest absolute Gasteiger partial charge is 0.242 e. The van der Waals surface area contributed by atoms with Gasteiger partial charge >= 0.3 is 0 Å². The van der Waals surface area contributed by atoms with Crippen molar-refractivity contribution < 1.29 is 14.3 Å². The van der Waals surface area contributed by atoms with Gasteiger partial charge in [-0.2, -0.15) is 0 Å². The van der Waals surface area contributed by atoms with Gasteiger partial charge in [-0.05, 0) is 39.3 Å². The van der Waals surface area contributed by atoms with Crippen LogP contribution in [0.1, 0.15) is 32.3 Å². The van der Waals surface area contributed by atoms with Crippen LogP contribution in [0.25, 0.3) is 0 Å². The fourth-order valence-electron chi connectivity index (χ4n) is 1.76. The largest absolute Gasteiger partial charge is 0.494 e. The summed E-state index contributed by atoms with van der Waals surface area (Å²) in [5.41, 5.74) is 1.18. The molecule has 0 saturated heterocycles. The van der Waals surface area contributed by atoms with Crippen LogP contribution in [-0.4, -0.2) is 31.0 Å². The SMILES string of the molecule is CCNC(=O)[C@@H](C)NC(=O)CCCOc1ccc(C)cc1. The van der Waals surface area contributed by atoms with E-state index in [0.717, 1.165) is 5.75 Å². The molecule has 1 aromatic carbocycles. The number of carbonyl (C=O) groups excluding carboxylic acids is 2. The molecule has 0 heterocycles. The number of rotatable bonds is 8. The Bertz CT molecular complexity index is 457. The molecular formula is C16H24N2O3. The second-order valence-corrected chi connectivity index (χ2v) is 4.95. The Morgan fingerprint density at radius 1 is 1.24 bits per heavy atom. The molecule has 0 aliphatic heterocycles. The maximum absolute atomic E-state index is 11.7. The molecule has 0 aromatic heterocycles. The molecule has 21 heavy (non-hydrogen) atoms. The number of ether oxygens (including phenoxy) is 1. The van der Waals surface area contributed by atoms with Crippen LogP contribution in [0.5, 0.6) is 5.75 Å². The third-order valence-corrected chi connectivity index (χ3v) is 2.96. The van der Waals surface area contributed by atoms with E-state index in [1.165, 1.54) is 5.56 Å². The van der Waals surface area contributed by atoms with Crippen molar-refractivity contribution >= 4 is 11.8 Å². The summed E-state index contributed by atoms with van der Waals surface area (Å²) in [6.07, 6.45) is 0.956. The highest BCUT2D eigenvalue weighted by atomic mass is 16.5.